The maximum absolute atomic E-state index is 4.76. The van der Waals surface area contributed by atoms with Crippen molar-refractivity contribution in [2.45, 2.75) is 6.92 Å². The highest BCUT2D eigenvalue weighted by Crippen LogP contribution is 2.31. The SMILES string of the molecule is Cc1nc2cnc3ccc(-c4cnc5[nH]ccc5c4)cc3c2n1-c1ccccc1. The van der Waals surface area contributed by atoms with E-state index in [9.17, 15) is 0 Å². The Labute approximate surface area is 166 Å². The number of H-pyrrole nitrogens is 1. The normalized spacial score (nSPS) is 11.6. The summed E-state index contributed by atoms with van der Waals surface area (Å²) < 4.78 is 2.21. The molecular weight excluding hydrogens is 358 g/mol. The number of aromatic amines is 1. The Morgan fingerprint density at radius 3 is 2.62 bits per heavy atom. The second kappa shape index (κ2) is 6.01. The van der Waals surface area contributed by atoms with E-state index in [1.54, 1.807) is 0 Å². The first-order valence-electron chi connectivity index (χ1n) is 9.55. The molecule has 5 nitrogen and oxygen atoms in total. The lowest BCUT2D eigenvalue weighted by molar-refractivity contribution is 1.00. The van der Waals surface area contributed by atoms with Crippen molar-refractivity contribution in [3.63, 3.8) is 0 Å². The van der Waals surface area contributed by atoms with E-state index >= 15 is 0 Å². The van der Waals surface area contributed by atoms with E-state index in [-0.39, 0.29) is 0 Å². The van der Waals surface area contributed by atoms with Gasteiger partial charge >= 0.3 is 0 Å². The van der Waals surface area contributed by atoms with Crippen LogP contribution in [-0.4, -0.2) is 24.5 Å². The van der Waals surface area contributed by atoms with E-state index in [1.165, 1.54) is 0 Å². The number of benzene rings is 2. The molecule has 0 atom stereocenters. The number of hydrogen-bond donors (Lipinski definition) is 1. The van der Waals surface area contributed by atoms with Crippen LogP contribution in [0.3, 0.4) is 0 Å². The second-order valence-corrected chi connectivity index (χ2v) is 7.19. The summed E-state index contributed by atoms with van der Waals surface area (Å²) in [4.78, 5) is 17.1. The Hall–Kier alpha value is -3.99. The van der Waals surface area contributed by atoms with Crippen LogP contribution in [0.25, 0.3) is 49.8 Å². The van der Waals surface area contributed by atoms with Gasteiger partial charge in [-0.15, -0.1) is 0 Å². The zero-order valence-corrected chi connectivity index (χ0v) is 15.8. The van der Waals surface area contributed by atoms with Gasteiger partial charge in [-0.3, -0.25) is 9.55 Å². The van der Waals surface area contributed by atoms with Crippen molar-refractivity contribution >= 4 is 33.0 Å². The van der Waals surface area contributed by atoms with E-state index in [0.29, 0.717) is 0 Å². The highest BCUT2D eigenvalue weighted by atomic mass is 15.1. The molecule has 138 valence electrons. The van der Waals surface area contributed by atoms with Crippen LogP contribution in [-0.2, 0) is 0 Å². The molecule has 2 aromatic carbocycles. The highest BCUT2D eigenvalue weighted by molar-refractivity contribution is 6.04. The molecule has 4 aromatic heterocycles. The highest BCUT2D eigenvalue weighted by Gasteiger charge is 2.14. The van der Waals surface area contributed by atoms with Crippen molar-refractivity contribution in [2.24, 2.45) is 0 Å². The van der Waals surface area contributed by atoms with Crippen LogP contribution in [0.1, 0.15) is 5.82 Å². The van der Waals surface area contributed by atoms with Gasteiger partial charge in [-0.25, -0.2) is 9.97 Å². The van der Waals surface area contributed by atoms with Crippen molar-refractivity contribution in [1.82, 2.24) is 24.5 Å². The fourth-order valence-electron chi connectivity index (χ4n) is 4.04. The van der Waals surface area contributed by atoms with E-state index in [2.05, 4.69) is 55.9 Å². The average Bonchev–Trinajstić information content (AvgIpc) is 3.37. The Morgan fingerprint density at radius 2 is 1.72 bits per heavy atom. The quantitative estimate of drug-likeness (QED) is 0.439. The first kappa shape index (κ1) is 16.0. The standard InChI is InChI=1S/C24H17N5/c1-15-28-22-14-26-21-8-7-16(18-11-17-9-10-25-24(17)27-13-18)12-20(21)23(22)29(15)19-5-3-2-4-6-19/h2-14H,1H3,(H,25,27). The van der Waals surface area contributed by atoms with Gasteiger partial charge < -0.3 is 4.98 Å². The fraction of sp³-hybridized carbons (Fsp3) is 0.0417. The minimum atomic E-state index is 0.898. The molecule has 0 aliphatic carbocycles. The molecule has 5 heteroatoms. The third kappa shape index (κ3) is 2.44. The average molecular weight is 375 g/mol. The molecule has 6 aromatic rings. The lowest BCUT2D eigenvalue weighted by atomic mass is 10.0. The predicted octanol–water partition coefficient (Wildman–Crippen LogP) is 5.43. The van der Waals surface area contributed by atoms with Crippen molar-refractivity contribution in [3.05, 3.63) is 85.1 Å². The predicted molar refractivity (Wildman–Crippen MR) is 116 cm³/mol. The van der Waals surface area contributed by atoms with E-state index in [1.807, 2.05) is 49.8 Å². The maximum Gasteiger partial charge on any atom is 0.137 e. The molecule has 0 radical (unpaired) electrons. The fourth-order valence-corrected chi connectivity index (χ4v) is 4.04. The molecule has 0 spiro atoms. The molecule has 0 amide bonds. The summed E-state index contributed by atoms with van der Waals surface area (Å²) in [5.74, 6) is 0.946. The zero-order chi connectivity index (χ0) is 19.4. The van der Waals surface area contributed by atoms with Crippen LogP contribution in [0.4, 0.5) is 0 Å². The lowest BCUT2D eigenvalue weighted by Crippen LogP contribution is -1.97. The molecule has 0 aliphatic rings. The van der Waals surface area contributed by atoms with Gasteiger partial charge in [0.05, 0.1) is 17.2 Å². The molecule has 0 saturated carbocycles. The van der Waals surface area contributed by atoms with Crippen molar-refractivity contribution in [3.8, 4) is 16.8 Å². The number of pyridine rings is 2. The Bertz CT molecular complexity index is 1510. The number of fused-ring (bicyclic) bond motifs is 4. The van der Waals surface area contributed by atoms with Crippen LogP contribution < -0.4 is 0 Å². The molecule has 6 rings (SSSR count). The van der Waals surface area contributed by atoms with Crippen molar-refractivity contribution < 1.29 is 0 Å². The molecular formula is C24H17N5. The van der Waals surface area contributed by atoms with Gasteiger partial charge in [0.2, 0.25) is 0 Å². The van der Waals surface area contributed by atoms with Gasteiger partial charge in [0.15, 0.2) is 0 Å². The van der Waals surface area contributed by atoms with Gasteiger partial charge in [0, 0.05) is 34.4 Å². The van der Waals surface area contributed by atoms with Gasteiger partial charge in [-0.05, 0) is 48.9 Å². The first-order valence-corrected chi connectivity index (χ1v) is 9.55. The zero-order valence-electron chi connectivity index (χ0n) is 15.8. The summed E-state index contributed by atoms with van der Waals surface area (Å²) in [6, 6.07) is 20.9. The summed E-state index contributed by atoms with van der Waals surface area (Å²) in [6.45, 7) is 2.03. The van der Waals surface area contributed by atoms with Crippen molar-refractivity contribution in [2.75, 3.05) is 0 Å². The number of imidazole rings is 1. The van der Waals surface area contributed by atoms with Crippen LogP contribution in [0.15, 0.2) is 79.3 Å². The number of aromatic nitrogens is 5. The summed E-state index contributed by atoms with van der Waals surface area (Å²) in [5.41, 5.74) is 7.12. The Balaban J connectivity index is 1.65. The summed E-state index contributed by atoms with van der Waals surface area (Å²) in [5, 5.41) is 2.18. The lowest BCUT2D eigenvalue weighted by Gasteiger charge is -2.10. The number of nitrogens with zero attached hydrogens (tertiary/aromatic N) is 4. The minimum absolute atomic E-state index is 0.898. The minimum Gasteiger partial charge on any atom is -0.346 e. The topological polar surface area (TPSA) is 59.4 Å². The largest absolute Gasteiger partial charge is 0.346 e. The van der Waals surface area contributed by atoms with E-state index in [4.69, 9.17) is 4.98 Å². The summed E-state index contributed by atoms with van der Waals surface area (Å²) >= 11 is 0. The molecule has 29 heavy (non-hydrogen) atoms. The van der Waals surface area contributed by atoms with Crippen molar-refractivity contribution in [1.29, 1.82) is 0 Å². The van der Waals surface area contributed by atoms with Crippen LogP contribution in [0.5, 0.6) is 0 Å². The van der Waals surface area contributed by atoms with Gasteiger partial charge in [0.1, 0.15) is 17.0 Å². The molecule has 0 unspecified atom stereocenters. The Kier molecular flexibility index (Phi) is 3.32. The van der Waals surface area contributed by atoms with Crippen LogP contribution in [0.2, 0.25) is 0 Å². The maximum atomic E-state index is 4.76. The number of aryl methyl sites for hydroxylation is 1. The molecule has 0 bridgehead atoms. The van der Waals surface area contributed by atoms with E-state index < -0.39 is 0 Å². The third-order valence-corrected chi connectivity index (χ3v) is 5.40. The van der Waals surface area contributed by atoms with E-state index in [0.717, 1.165) is 55.6 Å². The third-order valence-electron chi connectivity index (χ3n) is 5.40. The van der Waals surface area contributed by atoms with Crippen LogP contribution >= 0.6 is 0 Å². The second-order valence-electron chi connectivity index (χ2n) is 7.19. The van der Waals surface area contributed by atoms with Crippen LogP contribution in [0, 0.1) is 6.92 Å². The van der Waals surface area contributed by atoms with Gasteiger partial charge in [-0.2, -0.15) is 0 Å². The van der Waals surface area contributed by atoms with Gasteiger partial charge in [-0.1, -0.05) is 24.3 Å². The van der Waals surface area contributed by atoms with Gasteiger partial charge in [0.25, 0.3) is 0 Å². The smallest absolute Gasteiger partial charge is 0.137 e. The summed E-state index contributed by atoms with van der Waals surface area (Å²) in [6.07, 6.45) is 5.68. The molecule has 0 aliphatic heterocycles. The number of hydrogen-bond acceptors (Lipinski definition) is 3. The number of rotatable bonds is 2. The Morgan fingerprint density at radius 1 is 0.828 bits per heavy atom. The molecule has 0 saturated heterocycles. The first-order chi connectivity index (χ1) is 14.3. The summed E-state index contributed by atoms with van der Waals surface area (Å²) in [7, 11) is 0. The molecule has 0 fully saturated rings. The number of para-hydroxylation sites is 1. The monoisotopic (exact) mass is 375 g/mol. The molecule has 1 N–H and O–H groups in total. The number of nitrogens with one attached hydrogen (secondary N) is 1. The molecule has 4 heterocycles.